The van der Waals surface area contributed by atoms with E-state index in [0.717, 1.165) is 66.2 Å². The molecule has 39 heavy (non-hydrogen) atoms. The first-order chi connectivity index (χ1) is 18.4. The van der Waals surface area contributed by atoms with Gasteiger partial charge in [-0.2, -0.15) is 5.10 Å². The second-order valence-corrected chi connectivity index (χ2v) is 12.1. The highest BCUT2D eigenvalue weighted by Crippen LogP contribution is 2.31. The van der Waals surface area contributed by atoms with Crippen molar-refractivity contribution in [3.05, 3.63) is 62.7 Å². The lowest BCUT2D eigenvalue weighted by atomic mass is 9.79. The standard InChI is InChI=1S/C32H46N4O3/c1-9-12-24(14-11-13-23(10-2)29(37)32(6,7)8)36-28-16-20(3)15-25(27(28)19-34-36)30(38)33-18-26-21(4)17-22(5)35-31(26)39/h15-17,19,23-24H,9-14,18H2,1-8H3,(H,33,38)(H,35,39). The summed E-state index contributed by atoms with van der Waals surface area (Å²) in [6.45, 7) is 16.2. The van der Waals surface area contributed by atoms with E-state index in [-0.39, 0.29) is 35.4 Å². The SMILES string of the molecule is CCCC(CCCC(CC)C(=O)C(C)(C)C)n1ncc2c(C(=O)NCc3c(C)cc(C)[nH]c3=O)cc(C)cc21. The lowest BCUT2D eigenvalue weighted by Gasteiger charge is -2.25. The van der Waals surface area contributed by atoms with Crippen LogP contribution in [0.4, 0.5) is 0 Å². The van der Waals surface area contributed by atoms with Gasteiger partial charge in [0.1, 0.15) is 5.78 Å². The summed E-state index contributed by atoms with van der Waals surface area (Å²) >= 11 is 0. The molecule has 2 unspecified atom stereocenters. The molecule has 3 aromatic rings. The fourth-order valence-corrected chi connectivity index (χ4v) is 5.58. The second kappa shape index (κ2) is 12.8. The fourth-order valence-electron chi connectivity index (χ4n) is 5.58. The molecular formula is C32H46N4O3. The molecule has 3 rings (SSSR count). The number of carbonyl (C=O) groups excluding carboxylic acids is 2. The molecule has 1 amide bonds. The number of H-pyrrole nitrogens is 1. The molecule has 2 atom stereocenters. The van der Waals surface area contributed by atoms with Gasteiger partial charge in [0, 0.05) is 34.5 Å². The number of amides is 1. The van der Waals surface area contributed by atoms with Crippen molar-refractivity contribution >= 4 is 22.6 Å². The van der Waals surface area contributed by atoms with E-state index in [1.54, 1.807) is 6.20 Å². The molecule has 7 heteroatoms. The number of aryl methyl sites for hydroxylation is 3. The predicted octanol–water partition coefficient (Wildman–Crippen LogP) is 6.73. The number of ketones is 1. The maximum atomic E-state index is 13.3. The summed E-state index contributed by atoms with van der Waals surface area (Å²) in [6.07, 6.45) is 7.42. The number of nitrogens with one attached hydrogen (secondary N) is 2. The van der Waals surface area contributed by atoms with E-state index in [0.29, 0.717) is 16.9 Å². The Labute approximate surface area is 232 Å². The molecule has 2 N–H and O–H groups in total. The number of Topliss-reactive ketones (excluding diaryl/α,β-unsaturated/α-hetero) is 1. The number of nitrogens with zero attached hydrogens (tertiary/aromatic N) is 2. The zero-order valence-electron chi connectivity index (χ0n) is 25.0. The van der Waals surface area contributed by atoms with Crippen molar-refractivity contribution in [1.29, 1.82) is 0 Å². The second-order valence-electron chi connectivity index (χ2n) is 12.1. The molecule has 0 aliphatic heterocycles. The summed E-state index contributed by atoms with van der Waals surface area (Å²) in [5, 5.41) is 8.52. The van der Waals surface area contributed by atoms with Crippen LogP contribution in [0.1, 0.15) is 112 Å². The Bertz CT molecular complexity index is 1380. The Morgan fingerprint density at radius 3 is 2.38 bits per heavy atom. The largest absolute Gasteiger partial charge is 0.348 e. The van der Waals surface area contributed by atoms with E-state index < -0.39 is 0 Å². The van der Waals surface area contributed by atoms with Gasteiger partial charge in [0.15, 0.2) is 0 Å². The molecular weight excluding hydrogens is 488 g/mol. The van der Waals surface area contributed by atoms with Gasteiger partial charge >= 0.3 is 0 Å². The molecule has 0 saturated heterocycles. The minimum atomic E-state index is -0.318. The Morgan fingerprint density at radius 2 is 1.77 bits per heavy atom. The predicted molar refractivity (Wildman–Crippen MR) is 158 cm³/mol. The number of aromatic amines is 1. The molecule has 2 heterocycles. The Morgan fingerprint density at radius 1 is 1.05 bits per heavy atom. The van der Waals surface area contributed by atoms with Crippen molar-refractivity contribution in [1.82, 2.24) is 20.1 Å². The molecule has 212 valence electrons. The Kier molecular flexibility index (Phi) is 9.92. The lowest BCUT2D eigenvalue weighted by Crippen LogP contribution is -2.28. The molecule has 0 aliphatic rings. The van der Waals surface area contributed by atoms with E-state index in [4.69, 9.17) is 5.10 Å². The highest BCUT2D eigenvalue weighted by Gasteiger charge is 2.28. The first kappa shape index (κ1) is 30.3. The van der Waals surface area contributed by atoms with E-state index in [1.807, 2.05) is 53.7 Å². The summed E-state index contributed by atoms with van der Waals surface area (Å²) in [5.41, 5.74) is 4.22. The van der Waals surface area contributed by atoms with Crippen molar-refractivity contribution in [2.45, 2.75) is 107 Å². The highest BCUT2D eigenvalue weighted by atomic mass is 16.2. The maximum Gasteiger partial charge on any atom is 0.253 e. The maximum absolute atomic E-state index is 13.3. The number of hydrogen-bond acceptors (Lipinski definition) is 4. The zero-order chi connectivity index (χ0) is 28.9. The van der Waals surface area contributed by atoms with Gasteiger partial charge in [-0.05, 0) is 75.8 Å². The first-order valence-electron chi connectivity index (χ1n) is 14.4. The van der Waals surface area contributed by atoms with Crippen molar-refractivity contribution in [2.24, 2.45) is 11.3 Å². The number of rotatable bonds is 12. The fraction of sp³-hybridized carbons (Fsp3) is 0.562. The van der Waals surface area contributed by atoms with Crippen LogP contribution in [-0.4, -0.2) is 26.5 Å². The normalized spacial score (nSPS) is 13.4. The van der Waals surface area contributed by atoms with Crippen molar-refractivity contribution in [3.63, 3.8) is 0 Å². The van der Waals surface area contributed by atoms with Crippen LogP contribution in [0.2, 0.25) is 0 Å². The minimum Gasteiger partial charge on any atom is -0.348 e. The molecule has 0 bridgehead atoms. The van der Waals surface area contributed by atoms with Crippen LogP contribution in [0.15, 0.2) is 29.2 Å². The first-order valence-corrected chi connectivity index (χ1v) is 14.4. The number of aromatic nitrogens is 3. The van der Waals surface area contributed by atoms with E-state index in [1.165, 1.54) is 0 Å². The van der Waals surface area contributed by atoms with Gasteiger partial charge in [-0.1, -0.05) is 47.5 Å². The van der Waals surface area contributed by atoms with Crippen molar-refractivity contribution in [2.75, 3.05) is 0 Å². The number of pyridine rings is 1. The topological polar surface area (TPSA) is 96.8 Å². The molecule has 7 nitrogen and oxygen atoms in total. The molecule has 1 aromatic carbocycles. The monoisotopic (exact) mass is 534 g/mol. The minimum absolute atomic E-state index is 0.0867. The van der Waals surface area contributed by atoms with Gasteiger partial charge in [-0.3, -0.25) is 19.1 Å². The van der Waals surface area contributed by atoms with Crippen LogP contribution in [0, 0.1) is 32.1 Å². The summed E-state index contributed by atoms with van der Waals surface area (Å²) in [6, 6.07) is 6.08. The van der Waals surface area contributed by atoms with Crippen LogP contribution in [0.3, 0.4) is 0 Å². The van der Waals surface area contributed by atoms with Gasteiger partial charge < -0.3 is 10.3 Å². The van der Waals surface area contributed by atoms with Crippen LogP contribution in [0.25, 0.3) is 10.9 Å². The van der Waals surface area contributed by atoms with Crippen molar-refractivity contribution in [3.8, 4) is 0 Å². The van der Waals surface area contributed by atoms with E-state index in [2.05, 4.69) is 34.9 Å². The molecule has 0 radical (unpaired) electrons. The third-order valence-electron chi connectivity index (χ3n) is 7.69. The third kappa shape index (κ3) is 7.25. The average molecular weight is 535 g/mol. The van der Waals surface area contributed by atoms with Crippen LogP contribution >= 0.6 is 0 Å². The Balaban J connectivity index is 1.82. The van der Waals surface area contributed by atoms with Gasteiger partial charge in [0.25, 0.3) is 11.5 Å². The zero-order valence-corrected chi connectivity index (χ0v) is 25.0. The molecule has 0 spiro atoms. The third-order valence-corrected chi connectivity index (χ3v) is 7.69. The molecule has 2 aromatic heterocycles. The summed E-state index contributed by atoms with van der Waals surface area (Å²) in [7, 11) is 0. The smallest absolute Gasteiger partial charge is 0.253 e. The van der Waals surface area contributed by atoms with E-state index in [9.17, 15) is 14.4 Å². The number of benzene rings is 1. The molecule has 0 saturated carbocycles. The average Bonchev–Trinajstić information content (AvgIpc) is 3.27. The van der Waals surface area contributed by atoms with Crippen LogP contribution < -0.4 is 10.9 Å². The van der Waals surface area contributed by atoms with Crippen LogP contribution in [0.5, 0.6) is 0 Å². The lowest BCUT2D eigenvalue weighted by molar-refractivity contribution is -0.130. The summed E-state index contributed by atoms with van der Waals surface area (Å²) in [4.78, 5) is 41.4. The number of hydrogen-bond donors (Lipinski definition) is 2. The van der Waals surface area contributed by atoms with Gasteiger partial charge in [0.05, 0.1) is 23.3 Å². The van der Waals surface area contributed by atoms with Gasteiger partial charge in [-0.25, -0.2) is 0 Å². The number of fused-ring (bicyclic) bond motifs is 1. The van der Waals surface area contributed by atoms with Crippen molar-refractivity contribution < 1.29 is 9.59 Å². The van der Waals surface area contributed by atoms with Crippen LogP contribution in [-0.2, 0) is 11.3 Å². The molecule has 0 aliphatic carbocycles. The van der Waals surface area contributed by atoms with E-state index >= 15 is 0 Å². The van der Waals surface area contributed by atoms with Gasteiger partial charge in [0.2, 0.25) is 0 Å². The molecule has 0 fully saturated rings. The Hall–Kier alpha value is -3.22. The quantitative estimate of drug-likeness (QED) is 0.269. The summed E-state index contributed by atoms with van der Waals surface area (Å²) < 4.78 is 2.07. The van der Waals surface area contributed by atoms with Gasteiger partial charge in [-0.15, -0.1) is 0 Å². The highest BCUT2D eigenvalue weighted by molar-refractivity contribution is 6.06. The number of carbonyl (C=O) groups is 2. The summed E-state index contributed by atoms with van der Waals surface area (Å²) in [5.74, 6) is 0.209.